The van der Waals surface area contributed by atoms with Crippen LogP contribution in [0.5, 0.6) is 0 Å². The van der Waals surface area contributed by atoms with E-state index in [1.807, 2.05) is 27.7 Å². The van der Waals surface area contributed by atoms with E-state index in [1.54, 1.807) is 11.8 Å². The third kappa shape index (κ3) is 4.40. The van der Waals surface area contributed by atoms with Gasteiger partial charge in [0.2, 0.25) is 0 Å². The van der Waals surface area contributed by atoms with E-state index in [1.165, 1.54) is 0 Å². The molecule has 0 bridgehead atoms. The minimum atomic E-state index is -0.513. The summed E-state index contributed by atoms with van der Waals surface area (Å²) < 4.78 is 10.4. The lowest BCUT2D eigenvalue weighted by atomic mass is 9.94. The normalized spacial score (nSPS) is 23.3. The Hall–Kier alpha value is -1.26. The third-order valence-electron chi connectivity index (χ3n) is 3.21. The van der Waals surface area contributed by atoms with Crippen molar-refractivity contribution in [3.63, 3.8) is 0 Å². The van der Waals surface area contributed by atoms with Crippen LogP contribution in [-0.4, -0.2) is 42.3 Å². The van der Waals surface area contributed by atoms with Gasteiger partial charge in [-0.3, -0.25) is 4.79 Å². The van der Waals surface area contributed by atoms with Gasteiger partial charge in [-0.15, -0.1) is 0 Å². The van der Waals surface area contributed by atoms with Crippen LogP contribution in [0.25, 0.3) is 0 Å². The molecule has 5 heteroatoms. The summed E-state index contributed by atoms with van der Waals surface area (Å²) in [6.45, 7) is 10.7. The molecule has 1 amide bonds. The number of likely N-dealkylation sites (tertiary alicyclic amines) is 1. The highest BCUT2D eigenvalue weighted by molar-refractivity contribution is 5.76. The second-order valence-corrected chi connectivity index (χ2v) is 5.91. The van der Waals surface area contributed by atoms with E-state index in [-0.39, 0.29) is 23.9 Å². The lowest BCUT2D eigenvalue weighted by molar-refractivity contribution is -0.148. The fourth-order valence-corrected chi connectivity index (χ4v) is 2.28. The summed E-state index contributed by atoms with van der Waals surface area (Å²) >= 11 is 0. The first kappa shape index (κ1) is 15.8. The van der Waals surface area contributed by atoms with E-state index in [0.29, 0.717) is 19.7 Å². The van der Waals surface area contributed by atoms with Gasteiger partial charge < -0.3 is 14.4 Å². The summed E-state index contributed by atoms with van der Waals surface area (Å²) in [4.78, 5) is 25.5. The molecule has 0 aromatic rings. The molecule has 0 aliphatic carbocycles. The quantitative estimate of drug-likeness (QED) is 0.740. The minimum Gasteiger partial charge on any atom is -0.466 e. The van der Waals surface area contributed by atoms with Gasteiger partial charge in [0.05, 0.1) is 12.5 Å². The van der Waals surface area contributed by atoms with Crippen LogP contribution in [-0.2, 0) is 14.3 Å². The Balaban J connectivity index is 2.66. The second kappa shape index (κ2) is 6.26. The molecule has 0 radical (unpaired) electrons. The summed E-state index contributed by atoms with van der Waals surface area (Å²) in [5.41, 5.74) is -0.513. The van der Waals surface area contributed by atoms with Crippen molar-refractivity contribution in [1.82, 2.24) is 4.90 Å². The number of carbonyl (C=O) groups is 2. The highest BCUT2D eigenvalue weighted by atomic mass is 16.6. The Morgan fingerprint density at radius 2 is 1.84 bits per heavy atom. The number of esters is 1. The van der Waals surface area contributed by atoms with Crippen molar-refractivity contribution in [3.05, 3.63) is 0 Å². The average Bonchev–Trinajstić information content (AvgIpc) is 2.71. The number of carbonyl (C=O) groups excluding carboxylic acids is 2. The molecule has 0 N–H and O–H groups in total. The predicted octanol–water partition coefficient (Wildman–Crippen LogP) is 2.44. The topological polar surface area (TPSA) is 55.8 Å². The van der Waals surface area contributed by atoms with E-state index in [2.05, 4.69) is 0 Å². The van der Waals surface area contributed by atoms with Gasteiger partial charge in [0.1, 0.15) is 5.60 Å². The third-order valence-corrected chi connectivity index (χ3v) is 3.21. The average molecular weight is 271 g/mol. The zero-order chi connectivity index (χ0) is 14.6. The molecule has 1 heterocycles. The van der Waals surface area contributed by atoms with Gasteiger partial charge in [0.15, 0.2) is 0 Å². The molecule has 1 aliphatic heterocycles. The maximum Gasteiger partial charge on any atom is 0.410 e. The standard InChI is InChI=1S/C14H25NO4/c1-6-10-8-15(13(17)19-14(3,4)5)9-11(10)12(16)18-7-2/h10-11H,6-9H2,1-5H3/t10-,11-/m0/s1. The van der Waals surface area contributed by atoms with Gasteiger partial charge in [0, 0.05) is 13.1 Å². The van der Waals surface area contributed by atoms with E-state index in [0.717, 1.165) is 6.42 Å². The van der Waals surface area contributed by atoms with Crippen molar-refractivity contribution in [2.75, 3.05) is 19.7 Å². The lowest BCUT2D eigenvalue weighted by Gasteiger charge is -2.24. The zero-order valence-corrected chi connectivity index (χ0v) is 12.6. The summed E-state index contributed by atoms with van der Waals surface area (Å²) in [7, 11) is 0. The van der Waals surface area contributed by atoms with Crippen LogP contribution in [0.15, 0.2) is 0 Å². The number of rotatable bonds is 3. The molecular formula is C14H25NO4. The smallest absolute Gasteiger partial charge is 0.410 e. The molecule has 1 saturated heterocycles. The van der Waals surface area contributed by atoms with Crippen LogP contribution >= 0.6 is 0 Å². The van der Waals surface area contributed by atoms with Crippen LogP contribution in [0, 0.1) is 11.8 Å². The summed E-state index contributed by atoms with van der Waals surface area (Å²) in [5.74, 6) is -0.274. The maximum atomic E-state index is 12.0. The molecule has 1 aliphatic rings. The summed E-state index contributed by atoms with van der Waals surface area (Å²) in [6, 6.07) is 0. The molecule has 1 rings (SSSR count). The first-order valence-corrected chi connectivity index (χ1v) is 6.93. The van der Waals surface area contributed by atoms with Gasteiger partial charge in [-0.25, -0.2) is 4.79 Å². The Bertz CT molecular complexity index is 335. The molecule has 0 saturated carbocycles. The highest BCUT2D eigenvalue weighted by Gasteiger charge is 2.40. The van der Waals surface area contributed by atoms with Gasteiger partial charge >= 0.3 is 12.1 Å². The van der Waals surface area contributed by atoms with Crippen molar-refractivity contribution < 1.29 is 19.1 Å². The van der Waals surface area contributed by atoms with Gasteiger partial charge in [0.25, 0.3) is 0 Å². The van der Waals surface area contributed by atoms with E-state index in [9.17, 15) is 9.59 Å². The molecule has 5 nitrogen and oxygen atoms in total. The lowest BCUT2D eigenvalue weighted by Crippen LogP contribution is -2.36. The second-order valence-electron chi connectivity index (χ2n) is 5.91. The molecular weight excluding hydrogens is 246 g/mol. The minimum absolute atomic E-state index is 0.159. The van der Waals surface area contributed by atoms with Crippen LogP contribution in [0.3, 0.4) is 0 Å². The molecule has 0 aromatic carbocycles. The number of nitrogens with zero attached hydrogens (tertiary/aromatic N) is 1. The Kier molecular flexibility index (Phi) is 5.20. The Labute approximate surface area is 115 Å². The van der Waals surface area contributed by atoms with E-state index in [4.69, 9.17) is 9.47 Å². The first-order chi connectivity index (χ1) is 8.78. The Morgan fingerprint density at radius 3 is 2.32 bits per heavy atom. The van der Waals surface area contributed by atoms with Crippen LogP contribution in [0.4, 0.5) is 4.79 Å². The fourth-order valence-electron chi connectivity index (χ4n) is 2.28. The van der Waals surface area contributed by atoms with Gasteiger partial charge in [-0.2, -0.15) is 0 Å². The summed E-state index contributed by atoms with van der Waals surface area (Å²) in [5, 5.41) is 0. The molecule has 0 aromatic heterocycles. The van der Waals surface area contributed by atoms with Crippen LogP contribution < -0.4 is 0 Å². The highest BCUT2D eigenvalue weighted by Crippen LogP contribution is 2.28. The molecule has 110 valence electrons. The SMILES string of the molecule is CCOC(=O)[C@H]1CN(C(=O)OC(C)(C)C)C[C@@H]1CC. The number of hydrogen-bond donors (Lipinski definition) is 0. The van der Waals surface area contributed by atoms with E-state index >= 15 is 0 Å². The molecule has 19 heavy (non-hydrogen) atoms. The number of hydrogen-bond acceptors (Lipinski definition) is 4. The molecule has 0 spiro atoms. The monoisotopic (exact) mass is 271 g/mol. The van der Waals surface area contributed by atoms with Crippen LogP contribution in [0.1, 0.15) is 41.0 Å². The molecule has 0 unspecified atom stereocenters. The van der Waals surface area contributed by atoms with Crippen LogP contribution in [0.2, 0.25) is 0 Å². The zero-order valence-electron chi connectivity index (χ0n) is 12.6. The predicted molar refractivity (Wildman–Crippen MR) is 71.7 cm³/mol. The van der Waals surface area contributed by atoms with E-state index < -0.39 is 5.60 Å². The van der Waals surface area contributed by atoms with Crippen molar-refractivity contribution in [1.29, 1.82) is 0 Å². The van der Waals surface area contributed by atoms with Crippen molar-refractivity contribution in [2.24, 2.45) is 11.8 Å². The molecule has 1 fully saturated rings. The molecule has 2 atom stereocenters. The Morgan fingerprint density at radius 1 is 1.21 bits per heavy atom. The van der Waals surface area contributed by atoms with Crippen molar-refractivity contribution in [3.8, 4) is 0 Å². The maximum absolute atomic E-state index is 12.0. The van der Waals surface area contributed by atoms with Crippen molar-refractivity contribution >= 4 is 12.1 Å². The number of amides is 1. The largest absolute Gasteiger partial charge is 0.466 e. The van der Waals surface area contributed by atoms with Gasteiger partial charge in [-0.05, 0) is 33.6 Å². The fraction of sp³-hybridized carbons (Fsp3) is 0.857. The summed E-state index contributed by atoms with van der Waals surface area (Å²) in [6.07, 6.45) is 0.501. The van der Waals surface area contributed by atoms with Gasteiger partial charge in [-0.1, -0.05) is 13.3 Å². The number of ether oxygens (including phenoxy) is 2. The first-order valence-electron chi connectivity index (χ1n) is 6.93. The van der Waals surface area contributed by atoms with Crippen molar-refractivity contribution in [2.45, 2.75) is 46.6 Å².